The topological polar surface area (TPSA) is 41.8 Å². The van der Waals surface area contributed by atoms with E-state index < -0.39 is 0 Å². The van der Waals surface area contributed by atoms with Crippen molar-refractivity contribution in [3.8, 4) is 5.75 Å². The van der Waals surface area contributed by atoms with Gasteiger partial charge in [0.1, 0.15) is 5.75 Å². The van der Waals surface area contributed by atoms with Crippen LogP contribution in [0.3, 0.4) is 0 Å². The first kappa shape index (κ1) is 28.4. The van der Waals surface area contributed by atoms with Crippen LogP contribution in [0.15, 0.2) is 71.7 Å². The van der Waals surface area contributed by atoms with Crippen molar-refractivity contribution < 1.29 is 9.84 Å². The Hall–Kier alpha value is -3.13. The van der Waals surface area contributed by atoms with Crippen molar-refractivity contribution >= 4 is 17.1 Å². The molecule has 0 spiro atoms. The average molecular weight is 498 g/mol. The minimum atomic E-state index is -0.114. The summed E-state index contributed by atoms with van der Waals surface area (Å²) in [4.78, 5) is 4.71. The molecule has 3 rings (SSSR count). The fourth-order valence-electron chi connectivity index (χ4n) is 5.55. The first-order chi connectivity index (χ1) is 17.5. The zero-order valence-corrected chi connectivity index (χ0v) is 23.9. The van der Waals surface area contributed by atoms with E-state index >= 15 is 0 Å². The van der Waals surface area contributed by atoms with E-state index in [-0.39, 0.29) is 17.4 Å². The van der Waals surface area contributed by atoms with Gasteiger partial charge in [-0.2, -0.15) is 0 Å². The van der Waals surface area contributed by atoms with Crippen LogP contribution in [0, 0.1) is 25.2 Å². The van der Waals surface area contributed by atoms with E-state index in [1.807, 2.05) is 18.2 Å². The van der Waals surface area contributed by atoms with Gasteiger partial charge in [0, 0.05) is 12.2 Å². The maximum atomic E-state index is 10.2. The summed E-state index contributed by atoms with van der Waals surface area (Å²) in [5.74, 6) is 4.69. The quantitative estimate of drug-likeness (QED) is 0.285. The Kier molecular flexibility index (Phi) is 9.18. The third-order valence-electron chi connectivity index (χ3n) is 7.03. The summed E-state index contributed by atoms with van der Waals surface area (Å²) in [5, 5.41) is 10.2. The van der Waals surface area contributed by atoms with Gasteiger partial charge in [-0.05, 0) is 90.3 Å². The standard InChI is InChI=1S/C34H43NO2/c1-24(2)20-34(7,23-36)22-33(5,6)28-15-13-27(14-16-28)31(21-35-29-11-9-10-25(3)18-29)30-19-26(4)12-17-32(30)37-8/h9-19,24,36H,20,22-23H2,1-8H3. The van der Waals surface area contributed by atoms with Crippen molar-refractivity contribution in [3.63, 3.8) is 0 Å². The van der Waals surface area contributed by atoms with Crippen LogP contribution in [0.2, 0.25) is 0 Å². The summed E-state index contributed by atoms with van der Waals surface area (Å²) in [5.41, 5.74) is 7.14. The van der Waals surface area contributed by atoms with E-state index in [0.717, 1.165) is 52.1 Å². The molecule has 3 aromatic carbocycles. The van der Waals surface area contributed by atoms with Gasteiger partial charge in [-0.3, -0.25) is 0 Å². The molecule has 0 fully saturated rings. The van der Waals surface area contributed by atoms with Gasteiger partial charge in [-0.1, -0.05) is 82.6 Å². The van der Waals surface area contributed by atoms with Crippen LogP contribution in [0.4, 0.5) is 5.69 Å². The number of benzene rings is 3. The largest absolute Gasteiger partial charge is 0.496 e. The van der Waals surface area contributed by atoms with Crippen LogP contribution < -0.4 is 4.74 Å². The van der Waals surface area contributed by atoms with Gasteiger partial charge >= 0.3 is 0 Å². The second-order valence-electron chi connectivity index (χ2n) is 11.8. The lowest BCUT2D eigenvalue weighted by Gasteiger charge is -2.38. The van der Waals surface area contributed by atoms with Gasteiger partial charge < -0.3 is 9.84 Å². The van der Waals surface area contributed by atoms with E-state index in [1.54, 1.807) is 7.11 Å². The number of methoxy groups -OCH3 is 1. The highest BCUT2D eigenvalue weighted by Crippen LogP contribution is 2.41. The predicted octanol–water partition coefficient (Wildman–Crippen LogP) is 8.46. The van der Waals surface area contributed by atoms with E-state index in [2.05, 4.69) is 103 Å². The minimum absolute atomic E-state index is 0.0779. The first-order valence-corrected chi connectivity index (χ1v) is 13.2. The van der Waals surface area contributed by atoms with Gasteiger partial charge in [-0.15, -0.1) is 0 Å². The maximum Gasteiger partial charge on any atom is 0.127 e. The molecular formula is C34H43NO2. The number of aliphatic hydroxyl groups is 1. The molecule has 0 bridgehead atoms. The van der Waals surface area contributed by atoms with Crippen molar-refractivity contribution in [3.05, 3.63) is 94.5 Å². The summed E-state index contributed by atoms with van der Waals surface area (Å²) in [6.07, 6.45) is 1.91. The molecule has 1 N–H and O–H groups in total. The van der Waals surface area contributed by atoms with Crippen LogP contribution in [-0.4, -0.2) is 24.7 Å². The Morgan fingerprint density at radius 1 is 0.946 bits per heavy atom. The second kappa shape index (κ2) is 11.9. The first-order valence-electron chi connectivity index (χ1n) is 13.2. The fraction of sp³-hybridized carbons (Fsp3) is 0.412. The maximum absolute atomic E-state index is 10.2. The number of ether oxygens (including phenoxy) is 1. The Bertz CT molecular complexity index is 1260. The molecule has 0 aromatic heterocycles. The highest BCUT2D eigenvalue weighted by Gasteiger charge is 2.33. The number of nitrogens with zero attached hydrogens (tertiary/aromatic N) is 1. The van der Waals surface area contributed by atoms with Gasteiger partial charge in [-0.25, -0.2) is 4.99 Å². The van der Waals surface area contributed by atoms with Crippen LogP contribution >= 0.6 is 0 Å². The zero-order valence-electron chi connectivity index (χ0n) is 23.9. The average Bonchev–Trinajstić information content (AvgIpc) is 2.84. The molecule has 37 heavy (non-hydrogen) atoms. The predicted molar refractivity (Wildman–Crippen MR) is 157 cm³/mol. The van der Waals surface area contributed by atoms with Crippen LogP contribution in [0.25, 0.3) is 5.57 Å². The summed E-state index contributed by atoms with van der Waals surface area (Å²) in [6, 6.07) is 23.0. The Morgan fingerprint density at radius 2 is 1.62 bits per heavy atom. The van der Waals surface area contributed by atoms with Crippen molar-refractivity contribution in [1.29, 1.82) is 0 Å². The molecule has 0 amide bonds. The SMILES string of the molecule is COc1ccc(C)cc1C(=C=Nc1cccc(C)c1)c1ccc(C(C)(C)CC(C)(CO)CC(C)C)cc1. The summed E-state index contributed by atoms with van der Waals surface area (Å²) in [6.45, 7) is 15.5. The molecule has 0 saturated heterocycles. The van der Waals surface area contributed by atoms with Crippen LogP contribution in [-0.2, 0) is 5.41 Å². The highest BCUT2D eigenvalue weighted by molar-refractivity contribution is 6.01. The van der Waals surface area contributed by atoms with E-state index in [1.165, 1.54) is 5.56 Å². The van der Waals surface area contributed by atoms with Crippen molar-refractivity contribution in [1.82, 2.24) is 0 Å². The Morgan fingerprint density at radius 3 is 2.22 bits per heavy atom. The Labute approximate surface area is 223 Å². The van der Waals surface area contributed by atoms with Crippen molar-refractivity contribution in [2.45, 2.75) is 66.7 Å². The Balaban J connectivity index is 2.06. The molecule has 0 radical (unpaired) electrons. The van der Waals surface area contributed by atoms with Gasteiger partial charge in [0.25, 0.3) is 0 Å². The molecule has 1 unspecified atom stereocenters. The molecule has 3 heteroatoms. The summed E-state index contributed by atoms with van der Waals surface area (Å²) >= 11 is 0. The molecule has 0 aliphatic heterocycles. The molecular weight excluding hydrogens is 454 g/mol. The van der Waals surface area contributed by atoms with Crippen molar-refractivity contribution in [2.24, 2.45) is 16.3 Å². The second-order valence-corrected chi connectivity index (χ2v) is 11.8. The molecule has 3 aromatic rings. The van der Waals surface area contributed by atoms with Gasteiger partial charge in [0.2, 0.25) is 0 Å². The lowest BCUT2D eigenvalue weighted by molar-refractivity contribution is 0.0873. The number of aliphatic imine (C=N–C) groups is 1. The fourth-order valence-corrected chi connectivity index (χ4v) is 5.55. The molecule has 0 heterocycles. The molecule has 0 saturated carbocycles. The van der Waals surface area contributed by atoms with Gasteiger partial charge in [0.05, 0.1) is 18.4 Å². The lowest BCUT2D eigenvalue weighted by atomic mass is 9.68. The number of aliphatic hydroxyl groups excluding tert-OH is 1. The summed E-state index contributed by atoms with van der Waals surface area (Å²) in [7, 11) is 1.70. The van der Waals surface area contributed by atoms with E-state index in [9.17, 15) is 5.11 Å². The number of aryl methyl sites for hydroxylation is 2. The third kappa shape index (κ3) is 7.44. The number of rotatable bonds is 10. The zero-order chi connectivity index (χ0) is 27.2. The molecule has 3 nitrogen and oxygen atoms in total. The molecule has 0 aliphatic rings. The van der Waals surface area contributed by atoms with Gasteiger partial charge in [0.15, 0.2) is 0 Å². The number of hydrogen-bond donors (Lipinski definition) is 1. The van der Waals surface area contributed by atoms with Crippen LogP contribution in [0.1, 0.15) is 75.3 Å². The normalized spacial score (nSPS) is 13.1. The van der Waals surface area contributed by atoms with Crippen LogP contribution in [0.5, 0.6) is 5.75 Å². The number of hydrogen-bond acceptors (Lipinski definition) is 3. The molecule has 0 aliphatic carbocycles. The van der Waals surface area contributed by atoms with Crippen molar-refractivity contribution in [2.75, 3.05) is 13.7 Å². The minimum Gasteiger partial charge on any atom is -0.496 e. The van der Waals surface area contributed by atoms with E-state index in [4.69, 9.17) is 9.73 Å². The molecule has 1 atom stereocenters. The van der Waals surface area contributed by atoms with E-state index in [0.29, 0.717) is 5.92 Å². The third-order valence-corrected chi connectivity index (χ3v) is 7.03. The highest BCUT2D eigenvalue weighted by atomic mass is 16.5. The smallest absolute Gasteiger partial charge is 0.127 e. The monoisotopic (exact) mass is 497 g/mol. The lowest BCUT2D eigenvalue weighted by Crippen LogP contribution is -2.32. The molecule has 196 valence electrons. The summed E-state index contributed by atoms with van der Waals surface area (Å²) < 4.78 is 5.72.